The number of imide groups is 1. The Kier molecular flexibility index (Phi) is 4.65. The number of carbonyl (C=O) groups excluding carboxylic acids is 3. The van der Waals surface area contributed by atoms with Gasteiger partial charge in [0.25, 0.3) is 5.91 Å². The third-order valence-electron chi connectivity index (χ3n) is 4.13. The number of hydrogen-bond acceptors (Lipinski definition) is 4. The zero-order chi connectivity index (χ0) is 18.0. The van der Waals surface area contributed by atoms with Gasteiger partial charge in [0.05, 0.1) is 0 Å². The Labute approximate surface area is 145 Å². The number of hydrogen-bond donors (Lipinski definition) is 2. The van der Waals surface area contributed by atoms with Crippen molar-refractivity contribution in [1.29, 1.82) is 0 Å². The molecule has 0 atom stereocenters. The van der Waals surface area contributed by atoms with Gasteiger partial charge in [-0.05, 0) is 37.6 Å². The Morgan fingerprint density at radius 3 is 2.60 bits per heavy atom. The minimum Gasteiger partial charge on any atom is -0.321 e. The summed E-state index contributed by atoms with van der Waals surface area (Å²) in [6, 6.07) is 9.08. The molecule has 3 amide bonds. The average molecular weight is 340 g/mol. The standard InChI is InChI=1S/C18H20N4O3/c1-11(2)22-7-6-15(21-22)18(25)19-14-5-3-4-12(8-14)13-9-16(23)20-17(24)10-13/h3-8,11,13H,9-10H2,1-2H3,(H,19,25)(H,20,23,24). The monoisotopic (exact) mass is 340 g/mol. The summed E-state index contributed by atoms with van der Waals surface area (Å²) in [7, 11) is 0. The summed E-state index contributed by atoms with van der Waals surface area (Å²) in [4.78, 5) is 35.4. The molecule has 1 aromatic heterocycles. The zero-order valence-electron chi connectivity index (χ0n) is 14.2. The number of carbonyl (C=O) groups is 3. The van der Waals surface area contributed by atoms with E-state index in [0.717, 1.165) is 5.56 Å². The lowest BCUT2D eigenvalue weighted by molar-refractivity contribution is -0.133. The predicted octanol–water partition coefficient (Wildman–Crippen LogP) is 2.24. The van der Waals surface area contributed by atoms with E-state index in [1.54, 1.807) is 35.1 Å². The van der Waals surface area contributed by atoms with Crippen LogP contribution in [0.25, 0.3) is 0 Å². The van der Waals surface area contributed by atoms with Crippen molar-refractivity contribution in [2.45, 2.75) is 38.6 Å². The van der Waals surface area contributed by atoms with Crippen LogP contribution in [0.3, 0.4) is 0 Å². The molecule has 0 bridgehead atoms. The van der Waals surface area contributed by atoms with E-state index in [-0.39, 0.29) is 42.5 Å². The third kappa shape index (κ3) is 3.93. The number of benzene rings is 1. The van der Waals surface area contributed by atoms with Gasteiger partial charge in [-0.25, -0.2) is 0 Å². The molecular weight excluding hydrogens is 320 g/mol. The highest BCUT2D eigenvalue weighted by molar-refractivity contribution is 6.03. The third-order valence-corrected chi connectivity index (χ3v) is 4.13. The van der Waals surface area contributed by atoms with E-state index in [2.05, 4.69) is 15.7 Å². The van der Waals surface area contributed by atoms with E-state index in [0.29, 0.717) is 11.4 Å². The van der Waals surface area contributed by atoms with Gasteiger partial charge in [-0.2, -0.15) is 5.10 Å². The SMILES string of the molecule is CC(C)n1ccc(C(=O)Nc2cccc(C3CC(=O)NC(=O)C3)c2)n1. The van der Waals surface area contributed by atoms with Gasteiger partial charge in [0.15, 0.2) is 5.69 Å². The van der Waals surface area contributed by atoms with E-state index < -0.39 is 0 Å². The number of nitrogens with one attached hydrogen (secondary N) is 2. The van der Waals surface area contributed by atoms with Gasteiger partial charge in [0.1, 0.15) is 0 Å². The lowest BCUT2D eigenvalue weighted by atomic mass is 9.89. The Balaban J connectivity index is 1.73. The minimum absolute atomic E-state index is 0.168. The van der Waals surface area contributed by atoms with Crippen molar-refractivity contribution < 1.29 is 14.4 Å². The molecule has 130 valence electrons. The van der Waals surface area contributed by atoms with Gasteiger partial charge >= 0.3 is 0 Å². The van der Waals surface area contributed by atoms with E-state index in [1.165, 1.54) is 0 Å². The fourth-order valence-electron chi connectivity index (χ4n) is 2.83. The molecule has 1 saturated heterocycles. The van der Waals surface area contributed by atoms with Crippen molar-refractivity contribution in [3.63, 3.8) is 0 Å². The molecule has 0 unspecified atom stereocenters. The molecule has 7 heteroatoms. The van der Waals surface area contributed by atoms with Gasteiger partial charge < -0.3 is 5.32 Å². The van der Waals surface area contributed by atoms with Gasteiger partial charge in [-0.1, -0.05) is 12.1 Å². The average Bonchev–Trinajstić information content (AvgIpc) is 3.04. The lowest BCUT2D eigenvalue weighted by Gasteiger charge is -2.21. The minimum atomic E-state index is -0.297. The molecule has 1 aliphatic heterocycles. The number of nitrogens with zero attached hydrogens (tertiary/aromatic N) is 2. The molecule has 0 spiro atoms. The maximum absolute atomic E-state index is 12.3. The second-order valence-electron chi connectivity index (χ2n) is 6.43. The molecule has 1 aliphatic rings. The number of amides is 3. The van der Waals surface area contributed by atoms with Crippen molar-refractivity contribution in [2.24, 2.45) is 0 Å². The quantitative estimate of drug-likeness (QED) is 0.835. The summed E-state index contributed by atoms with van der Waals surface area (Å²) >= 11 is 0. The normalized spacial score (nSPS) is 15.3. The molecule has 7 nitrogen and oxygen atoms in total. The van der Waals surface area contributed by atoms with Gasteiger partial charge in [-0.15, -0.1) is 0 Å². The summed E-state index contributed by atoms with van der Waals surface area (Å²) < 4.78 is 1.72. The van der Waals surface area contributed by atoms with Crippen molar-refractivity contribution in [3.05, 3.63) is 47.8 Å². The second kappa shape index (κ2) is 6.88. The Bertz CT molecular complexity index is 809. The Morgan fingerprint density at radius 1 is 1.24 bits per heavy atom. The summed E-state index contributed by atoms with van der Waals surface area (Å²) in [5.41, 5.74) is 1.81. The largest absolute Gasteiger partial charge is 0.321 e. The molecule has 0 saturated carbocycles. The maximum Gasteiger partial charge on any atom is 0.276 e. The van der Waals surface area contributed by atoms with Crippen LogP contribution in [-0.4, -0.2) is 27.5 Å². The maximum atomic E-state index is 12.3. The van der Waals surface area contributed by atoms with Crippen molar-refractivity contribution in [1.82, 2.24) is 15.1 Å². The smallest absolute Gasteiger partial charge is 0.276 e. The van der Waals surface area contributed by atoms with Crippen LogP contribution in [0.1, 0.15) is 54.7 Å². The van der Waals surface area contributed by atoms with Crippen LogP contribution in [0.5, 0.6) is 0 Å². The van der Waals surface area contributed by atoms with Gasteiger partial charge in [0, 0.05) is 36.7 Å². The van der Waals surface area contributed by atoms with E-state index in [1.807, 2.05) is 19.9 Å². The molecule has 2 heterocycles. The fourth-order valence-corrected chi connectivity index (χ4v) is 2.83. The van der Waals surface area contributed by atoms with Gasteiger partial charge in [0.2, 0.25) is 11.8 Å². The molecule has 0 aliphatic carbocycles. The number of piperidine rings is 1. The van der Waals surface area contributed by atoms with Crippen LogP contribution in [0.2, 0.25) is 0 Å². The molecular formula is C18H20N4O3. The summed E-state index contributed by atoms with van der Waals surface area (Å²) in [5, 5.41) is 9.36. The fraction of sp³-hybridized carbons (Fsp3) is 0.333. The Morgan fingerprint density at radius 2 is 1.96 bits per heavy atom. The topological polar surface area (TPSA) is 93.1 Å². The number of anilines is 1. The first-order valence-electron chi connectivity index (χ1n) is 8.21. The van der Waals surface area contributed by atoms with Crippen LogP contribution >= 0.6 is 0 Å². The molecule has 2 N–H and O–H groups in total. The van der Waals surface area contributed by atoms with Crippen molar-refractivity contribution in [3.8, 4) is 0 Å². The van der Waals surface area contributed by atoms with Gasteiger partial charge in [-0.3, -0.25) is 24.4 Å². The zero-order valence-corrected chi connectivity index (χ0v) is 14.2. The highest BCUT2D eigenvalue weighted by atomic mass is 16.2. The van der Waals surface area contributed by atoms with Crippen molar-refractivity contribution >= 4 is 23.4 Å². The van der Waals surface area contributed by atoms with Crippen molar-refractivity contribution in [2.75, 3.05) is 5.32 Å². The number of aromatic nitrogens is 2. The first kappa shape index (κ1) is 16.9. The second-order valence-corrected chi connectivity index (χ2v) is 6.43. The molecule has 2 aromatic rings. The van der Waals surface area contributed by atoms with Crippen LogP contribution in [0.15, 0.2) is 36.5 Å². The highest BCUT2D eigenvalue weighted by Gasteiger charge is 2.26. The molecule has 1 fully saturated rings. The van der Waals surface area contributed by atoms with Crippen LogP contribution in [0.4, 0.5) is 5.69 Å². The highest BCUT2D eigenvalue weighted by Crippen LogP contribution is 2.28. The number of rotatable bonds is 4. The summed E-state index contributed by atoms with van der Waals surface area (Å²) in [6.07, 6.45) is 2.30. The van der Waals surface area contributed by atoms with Crippen LogP contribution in [0, 0.1) is 0 Å². The predicted molar refractivity (Wildman–Crippen MR) is 92.1 cm³/mol. The lowest BCUT2D eigenvalue weighted by Crippen LogP contribution is -2.37. The van der Waals surface area contributed by atoms with E-state index in [4.69, 9.17) is 0 Å². The molecule has 25 heavy (non-hydrogen) atoms. The van der Waals surface area contributed by atoms with Crippen LogP contribution < -0.4 is 10.6 Å². The van der Waals surface area contributed by atoms with E-state index >= 15 is 0 Å². The summed E-state index contributed by atoms with van der Waals surface area (Å²) in [5.74, 6) is -1.00. The van der Waals surface area contributed by atoms with Crippen LogP contribution in [-0.2, 0) is 9.59 Å². The first-order chi connectivity index (χ1) is 11.9. The summed E-state index contributed by atoms with van der Waals surface area (Å²) in [6.45, 7) is 3.97. The first-order valence-corrected chi connectivity index (χ1v) is 8.21. The van der Waals surface area contributed by atoms with E-state index in [9.17, 15) is 14.4 Å². The molecule has 3 rings (SSSR count). The Hall–Kier alpha value is -2.96. The molecule has 1 aromatic carbocycles. The molecule has 0 radical (unpaired) electrons.